The van der Waals surface area contributed by atoms with Gasteiger partial charge >= 0.3 is 0 Å². The lowest BCUT2D eigenvalue weighted by Crippen LogP contribution is -2.40. The van der Waals surface area contributed by atoms with Crippen molar-refractivity contribution in [2.45, 2.75) is 12.5 Å². The predicted octanol–water partition coefficient (Wildman–Crippen LogP) is 4.00. The van der Waals surface area contributed by atoms with E-state index in [0.29, 0.717) is 0 Å². The summed E-state index contributed by atoms with van der Waals surface area (Å²) in [4.78, 5) is 10.5. The summed E-state index contributed by atoms with van der Waals surface area (Å²) in [5, 5.41) is 0. The molecule has 1 aromatic heterocycles. The molecule has 0 fully saturated rings. The number of rotatable bonds is 6. The largest absolute Gasteiger partial charge is 0.361 e. The van der Waals surface area contributed by atoms with E-state index >= 15 is 0 Å². The molecule has 0 N–H and O–H groups in total. The summed E-state index contributed by atoms with van der Waals surface area (Å²) >= 11 is 0. The second kappa shape index (κ2) is 7.36. The van der Waals surface area contributed by atoms with Crippen molar-refractivity contribution in [1.82, 2.24) is 9.88 Å². The summed E-state index contributed by atoms with van der Waals surface area (Å²) in [7, 11) is 2.02. The van der Waals surface area contributed by atoms with Gasteiger partial charge in [-0.1, -0.05) is 48.6 Å². The SMILES string of the molecule is C=N/C=C\N(C)C(/C=C/C)(c1ccccc1)c1ccccn1. The van der Waals surface area contributed by atoms with Crippen LogP contribution in [0.15, 0.2) is 84.3 Å². The van der Waals surface area contributed by atoms with Crippen LogP contribution in [-0.2, 0) is 5.54 Å². The van der Waals surface area contributed by atoms with E-state index in [9.17, 15) is 0 Å². The minimum absolute atomic E-state index is 0.488. The monoisotopic (exact) mass is 291 g/mol. The Morgan fingerprint density at radius 2 is 1.86 bits per heavy atom. The maximum Gasteiger partial charge on any atom is 0.126 e. The number of hydrogen-bond donors (Lipinski definition) is 0. The van der Waals surface area contributed by atoms with Crippen molar-refractivity contribution >= 4 is 6.72 Å². The molecular weight excluding hydrogens is 270 g/mol. The summed E-state index contributed by atoms with van der Waals surface area (Å²) < 4.78 is 0. The van der Waals surface area contributed by atoms with Crippen molar-refractivity contribution < 1.29 is 0 Å². The third-order valence-electron chi connectivity index (χ3n) is 3.63. The molecule has 0 spiro atoms. The summed E-state index contributed by atoms with van der Waals surface area (Å²) in [5.74, 6) is 0. The lowest BCUT2D eigenvalue weighted by atomic mass is 9.84. The third kappa shape index (κ3) is 2.98. The van der Waals surface area contributed by atoms with Crippen LogP contribution in [0.5, 0.6) is 0 Å². The van der Waals surface area contributed by atoms with E-state index in [-0.39, 0.29) is 0 Å². The average molecular weight is 291 g/mol. The van der Waals surface area contributed by atoms with Gasteiger partial charge in [0.1, 0.15) is 5.54 Å². The van der Waals surface area contributed by atoms with Crippen molar-refractivity contribution in [3.05, 3.63) is 90.5 Å². The van der Waals surface area contributed by atoms with Crippen molar-refractivity contribution in [2.24, 2.45) is 4.99 Å². The standard InChI is InChI=1S/C19H21N3/c1-4-13-19(22(3)16-15-20-2,17-10-6-5-7-11-17)18-12-8-9-14-21-18/h4-16H,2H2,1,3H3/b13-4+,16-15-. The fourth-order valence-electron chi connectivity index (χ4n) is 2.62. The zero-order valence-electron chi connectivity index (χ0n) is 13.1. The average Bonchev–Trinajstić information content (AvgIpc) is 2.59. The first-order valence-electron chi connectivity index (χ1n) is 7.22. The Hall–Kier alpha value is -2.68. The topological polar surface area (TPSA) is 28.5 Å². The van der Waals surface area contributed by atoms with E-state index in [1.807, 2.05) is 68.8 Å². The zero-order valence-corrected chi connectivity index (χ0v) is 13.1. The van der Waals surface area contributed by atoms with Crippen LogP contribution >= 0.6 is 0 Å². The fraction of sp³-hybridized carbons (Fsp3) is 0.158. The molecule has 0 aliphatic rings. The number of hydrogen-bond acceptors (Lipinski definition) is 3. The lowest BCUT2D eigenvalue weighted by molar-refractivity contribution is 0.284. The number of aromatic nitrogens is 1. The second-order valence-electron chi connectivity index (χ2n) is 4.94. The molecule has 2 rings (SSSR count). The van der Waals surface area contributed by atoms with Crippen molar-refractivity contribution in [1.29, 1.82) is 0 Å². The van der Waals surface area contributed by atoms with E-state index < -0.39 is 5.54 Å². The van der Waals surface area contributed by atoms with Gasteiger partial charge in [0.25, 0.3) is 0 Å². The number of nitrogens with zero attached hydrogens (tertiary/aromatic N) is 3. The van der Waals surface area contributed by atoms with Crippen LogP contribution in [0.1, 0.15) is 18.2 Å². The highest BCUT2D eigenvalue weighted by Crippen LogP contribution is 2.35. The highest BCUT2D eigenvalue weighted by atomic mass is 15.2. The van der Waals surface area contributed by atoms with Gasteiger partial charge in [0, 0.05) is 25.6 Å². The van der Waals surface area contributed by atoms with Gasteiger partial charge in [0.2, 0.25) is 0 Å². The normalized spacial score (nSPS) is 14.1. The van der Waals surface area contributed by atoms with Crippen LogP contribution in [0.3, 0.4) is 0 Å². The van der Waals surface area contributed by atoms with E-state index in [1.165, 1.54) is 0 Å². The molecule has 0 aliphatic carbocycles. The smallest absolute Gasteiger partial charge is 0.126 e. The van der Waals surface area contributed by atoms with E-state index in [4.69, 9.17) is 0 Å². The molecule has 1 aromatic carbocycles. The van der Waals surface area contributed by atoms with Crippen LogP contribution in [0.25, 0.3) is 0 Å². The van der Waals surface area contributed by atoms with Crippen LogP contribution in [0.2, 0.25) is 0 Å². The second-order valence-corrected chi connectivity index (χ2v) is 4.94. The van der Waals surface area contributed by atoms with Gasteiger partial charge in [-0.15, -0.1) is 0 Å². The highest BCUT2D eigenvalue weighted by molar-refractivity contribution is 5.41. The zero-order chi connectivity index (χ0) is 15.8. The van der Waals surface area contributed by atoms with E-state index in [1.54, 1.807) is 6.20 Å². The molecule has 2 aromatic rings. The Bertz CT molecular complexity index is 605. The molecular formula is C19H21N3. The molecule has 112 valence electrons. The first-order valence-corrected chi connectivity index (χ1v) is 7.22. The van der Waals surface area contributed by atoms with Crippen molar-refractivity contribution in [2.75, 3.05) is 7.05 Å². The Morgan fingerprint density at radius 3 is 2.45 bits per heavy atom. The number of likely N-dealkylation sites (N-methyl/N-ethyl adjacent to an activating group) is 1. The highest BCUT2D eigenvalue weighted by Gasteiger charge is 2.35. The summed E-state index contributed by atoms with van der Waals surface area (Å²) in [5.41, 5.74) is 1.61. The lowest BCUT2D eigenvalue weighted by Gasteiger charge is -2.39. The van der Waals surface area contributed by atoms with Gasteiger partial charge in [-0.2, -0.15) is 0 Å². The molecule has 0 amide bonds. The van der Waals surface area contributed by atoms with Gasteiger partial charge < -0.3 is 4.90 Å². The first-order chi connectivity index (χ1) is 10.8. The molecule has 0 saturated carbocycles. The minimum Gasteiger partial charge on any atom is -0.361 e. The summed E-state index contributed by atoms with van der Waals surface area (Å²) in [6.45, 7) is 5.53. The molecule has 1 atom stereocenters. The number of pyridine rings is 1. The third-order valence-corrected chi connectivity index (χ3v) is 3.63. The maximum absolute atomic E-state index is 4.60. The van der Waals surface area contributed by atoms with Crippen LogP contribution in [0, 0.1) is 0 Å². The molecule has 3 nitrogen and oxygen atoms in total. The Kier molecular flexibility index (Phi) is 5.26. The summed E-state index contributed by atoms with van der Waals surface area (Å²) in [6, 6.07) is 16.3. The maximum atomic E-state index is 4.60. The minimum atomic E-state index is -0.488. The Balaban J connectivity index is 2.70. The Labute approximate surface area is 132 Å². The van der Waals surface area contributed by atoms with Gasteiger partial charge in [-0.3, -0.25) is 9.98 Å². The molecule has 3 heteroatoms. The van der Waals surface area contributed by atoms with Gasteiger partial charge in [-0.25, -0.2) is 0 Å². The molecule has 0 saturated heterocycles. The van der Waals surface area contributed by atoms with E-state index in [2.05, 4.69) is 39.8 Å². The molecule has 0 aliphatic heterocycles. The molecule has 22 heavy (non-hydrogen) atoms. The summed E-state index contributed by atoms with van der Waals surface area (Å²) in [6.07, 6.45) is 9.62. The van der Waals surface area contributed by atoms with Crippen LogP contribution in [0.4, 0.5) is 0 Å². The van der Waals surface area contributed by atoms with Gasteiger partial charge in [-0.05, 0) is 31.3 Å². The van der Waals surface area contributed by atoms with E-state index in [0.717, 1.165) is 11.3 Å². The van der Waals surface area contributed by atoms with Crippen molar-refractivity contribution in [3.63, 3.8) is 0 Å². The quantitative estimate of drug-likeness (QED) is 0.594. The first kappa shape index (κ1) is 15.7. The van der Waals surface area contributed by atoms with Gasteiger partial charge in [0.15, 0.2) is 0 Å². The fourth-order valence-corrected chi connectivity index (χ4v) is 2.62. The Morgan fingerprint density at radius 1 is 1.14 bits per heavy atom. The molecule has 0 radical (unpaired) electrons. The van der Waals surface area contributed by atoms with Crippen LogP contribution < -0.4 is 0 Å². The van der Waals surface area contributed by atoms with Crippen molar-refractivity contribution in [3.8, 4) is 0 Å². The molecule has 1 unspecified atom stereocenters. The number of benzene rings is 1. The molecule has 1 heterocycles. The number of allylic oxidation sites excluding steroid dienone is 1. The predicted molar refractivity (Wildman–Crippen MR) is 92.7 cm³/mol. The van der Waals surface area contributed by atoms with Gasteiger partial charge in [0.05, 0.1) is 5.69 Å². The molecule has 0 bridgehead atoms. The number of aliphatic imine (C=N–C) groups is 1. The van der Waals surface area contributed by atoms with Crippen LogP contribution in [-0.4, -0.2) is 23.6 Å².